The van der Waals surface area contributed by atoms with Gasteiger partial charge >= 0.3 is 18.1 Å². The molecule has 122 valence electrons. The molecular weight excluding hydrogens is 327 g/mol. The van der Waals surface area contributed by atoms with E-state index in [0.29, 0.717) is 5.69 Å². The number of ether oxygens (including phenoxy) is 1. The monoisotopic (exact) mass is 339 g/mol. The second-order valence-corrected chi connectivity index (χ2v) is 4.97. The molecule has 0 aromatic carbocycles. The molecule has 0 bridgehead atoms. The van der Waals surface area contributed by atoms with Crippen molar-refractivity contribution in [1.82, 2.24) is 10.3 Å². The van der Waals surface area contributed by atoms with Gasteiger partial charge in [-0.3, -0.25) is 14.4 Å². The molecule has 0 radical (unpaired) electrons. The highest BCUT2D eigenvalue weighted by atomic mass is 32.1. The summed E-state index contributed by atoms with van der Waals surface area (Å²) in [6.45, 7) is 1.95. The van der Waals surface area contributed by atoms with E-state index in [-0.39, 0.29) is 5.13 Å². The van der Waals surface area contributed by atoms with Gasteiger partial charge in [-0.2, -0.15) is 13.2 Å². The van der Waals surface area contributed by atoms with Crippen LogP contribution < -0.4 is 10.6 Å². The first-order valence-electron chi connectivity index (χ1n) is 5.83. The zero-order valence-corrected chi connectivity index (χ0v) is 12.3. The molecule has 7 nitrogen and oxygen atoms in total. The lowest BCUT2D eigenvalue weighted by atomic mass is 10.3. The number of alkyl halides is 3. The maximum Gasteiger partial charge on any atom is 0.471 e. The SMILES string of the molecule is CC(=O)OCC(NC(=O)C(F)(F)F)C(=O)Nc1nc(C)cs1. The van der Waals surface area contributed by atoms with Crippen molar-refractivity contribution in [2.75, 3.05) is 11.9 Å². The van der Waals surface area contributed by atoms with Crippen molar-refractivity contribution in [1.29, 1.82) is 0 Å². The van der Waals surface area contributed by atoms with Crippen LogP contribution in [0.25, 0.3) is 0 Å². The molecule has 22 heavy (non-hydrogen) atoms. The summed E-state index contributed by atoms with van der Waals surface area (Å²) in [5, 5.41) is 5.47. The van der Waals surface area contributed by atoms with E-state index < -0.39 is 36.6 Å². The van der Waals surface area contributed by atoms with Gasteiger partial charge in [0.25, 0.3) is 5.91 Å². The minimum absolute atomic E-state index is 0.150. The molecule has 11 heteroatoms. The molecule has 0 aliphatic rings. The minimum atomic E-state index is -5.16. The molecule has 1 atom stereocenters. The van der Waals surface area contributed by atoms with Gasteiger partial charge < -0.3 is 15.4 Å². The summed E-state index contributed by atoms with van der Waals surface area (Å²) in [5.74, 6) is -4.09. The number of aromatic nitrogens is 1. The number of esters is 1. The fourth-order valence-electron chi connectivity index (χ4n) is 1.23. The van der Waals surface area contributed by atoms with Crippen LogP contribution in [-0.2, 0) is 19.1 Å². The van der Waals surface area contributed by atoms with Gasteiger partial charge in [-0.15, -0.1) is 11.3 Å². The number of carbonyl (C=O) groups excluding carboxylic acids is 3. The first-order valence-corrected chi connectivity index (χ1v) is 6.71. The third-order valence-corrected chi connectivity index (χ3v) is 3.06. The van der Waals surface area contributed by atoms with Crippen molar-refractivity contribution in [2.45, 2.75) is 26.1 Å². The molecule has 1 heterocycles. The third kappa shape index (κ3) is 5.68. The van der Waals surface area contributed by atoms with Gasteiger partial charge in [0, 0.05) is 12.3 Å². The first-order chi connectivity index (χ1) is 10.1. The van der Waals surface area contributed by atoms with Gasteiger partial charge in [0.2, 0.25) is 0 Å². The van der Waals surface area contributed by atoms with E-state index in [9.17, 15) is 27.6 Å². The number of hydrogen-bond donors (Lipinski definition) is 2. The summed E-state index contributed by atoms with van der Waals surface area (Å²) >= 11 is 1.06. The average Bonchev–Trinajstić information content (AvgIpc) is 2.77. The summed E-state index contributed by atoms with van der Waals surface area (Å²) in [4.78, 5) is 37.4. The molecule has 0 spiro atoms. The van der Waals surface area contributed by atoms with E-state index in [4.69, 9.17) is 0 Å². The number of nitrogens with zero attached hydrogens (tertiary/aromatic N) is 1. The largest absolute Gasteiger partial charge is 0.471 e. The molecular formula is C11H12F3N3O4S. The fourth-order valence-corrected chi connectivity index (χ4v) is 1.92. The van der Waals surface area contributed by atoms with Crippen molar-refractivity contribution >= 4 is 34.3 Å². The van der Waals surface area contributed by atoms with Crippen LogP contribution in [0.3, 0.4) is 0 Å². The Labute approximate surface area is 126 Å². The molecule has 0 aliphatic carbocycles. The molecule has 1 unspecified atom stereocenters. The van der Waals surface area contributed by atoms with Crippen LogP contribution >= 0.6 is 11.3 Å². The predicted molar refractivity (Wildman–Crippen MR) is 70.1 cm³/mol. The number of hydrogen-bond acceptors (Lipinski definition) is 6. The Balaban J connectivity index is 2.77. The van der Waals surface area contributed by atoms with E-state index in [1.807, 2.05) is 0 Å². The number of anilines is 1. The van der Waals surface area contributed by atoms with Gasteiger partial charge in [0.15, 0.2) is 5.13 Å². The normalized spacial score (nSPS) is 12.4. The van der Waals surface area contributed by atoms with E-state index >= 15 is 0 Å². The molecule has 0 saturated heterocycles. The Hall–Kier alpha value is -2.17. The van der Waals surface area contributed by atoms with Crippen molar-refractivity contribution in [2.24, 2.45) is 0 Å². The van der Waals surface area contributed by atoms with Crippen molar-refractivity contribution in [3.63, 3.8) is 0 Å². The maximum absolute atomic E-state index is 12.2. The van der Waals surface area contributed by atoms with E-state index in [0.717, 1.165) is 18.3 Å². The number of aryl methyl sites for hydroxylation is 1. The molecule has 1 aromatic heterocycles. The first kappa shape index (κ1) is 17.9. The lowest BCUT2D eigenvalue weighted by Gasteiger charge is -2.18. The Morgan fingerprint density at radius 2 is 2.05 bits per heavy atom. The van der Waals surface area contributed by atoms with Crippen molar-refractivity contribution in [3.05, 3.63) is 11.1 Å². The highest BCUT2D eigenvalue weighted by molar-refractivity contribution is 7.13. The molecule has 0 aliphatic heterocycles. The number of halogens is 3. The molecule has 2 amide bonds. The molecule has 0 fully saturated rings. The van der Waals surface area contributed by atoms with Gasteiger partial charge in [0.1, 0.15) is 12.6 Å². The summed E-state index contributed by atoms with van der Waals surface area (Å²) < 4.78 is 41.2. The maximum atomic E-state index is 12.2. The van der Waals surface area contributed by atoms with Gasteiger partial charge in [0.05, 0.1) is 5.69 Å². The van der Waals surface area contributed by atoms with E-state index in [1.54, 1.807) is 12.3 Å². The van der Waals surface area contributed by atoms with Crippen LogP contribution in [0.5, 0.6) is 0 Å². The lowest BCUT2D eigenvalue weighted by molar-refractivity contribution is -0.175. The highest BCUT2D eigenvalue weighted by Gasteiger charge is 2.41. The second-order valence-electron chi connectivity index (χ2n) is 4.11. The van der Waals surface area contributed by atoms with Crippen LogP contribution in [-0.4, -0.2) is 41.6 Å². The van der Waals surface area contributed by atoms with Crippen LogP contribution in [0.1, 0.15) is 12.6 Å². The predicted octanol–water partition coefficient (Wildman–Crippen LogP) is 1.00. The standard InChI is InChI=1S/C11H12F3N3O4S/c1-5-4-22-10(15-5)17-8(19)7(3-21-6(2)18)16-9(20)11(12,13)14/h4,7H,3H2,1-2H3,(H,16,20)(H,15,17,19). The highest BCUT2D eigenvalue weighted by Crippen LogP contribution is 2.16. The topological polar surface area (TPSA) is 97.4 Å². The Bertz CT molecular complexity index is 573. The van der Waals surface area contributed by atoms with Crippen LogP contribution in [0, 0.1) is 6.92 Å². The Kier molecular flexibility index (Phi) is 5.85. The minimum Gasteiger partial charge on any atom is -0.463 e. The Morgan fingerprint density at radius 3 is 2.50 bits per heavy atom. The van der Waals surface area contributed by atoms with Gasteiger partial charge in [-0.25, -0.2) is 4.98 Å². The second kappa shape index (κ2) is 7.20. The summed E-state index contributed by atoms with van der Waals surface area (Å²) in [6.07, 6.45) is -5.16. The van der Waals surface area contributed by atoms with Gasteiger partial charge in [-0.1, -0.05) is 0 Å². The Morgan fingerprint density at radius 1 is 1.41 bits per heavy atom. The van der Waals surface area contributed by atoms with Crippen molar-refractivity contribution < 1.29 is 32.3 Å². The third-order valence-electron chi connectivity index (χ3n) is 2.18. The number of rotatable bonds is 5. The quantitative estimate of drug-likeness (QED) is 0.780. The van der Waals surface area contributed by atoms with Crippen LogP contribution in [0.15, 0.2) is 5.38 Å². The van der Waals surface area contributed by atoms with E-state index in [2.05, 4.69) is 15.0 Å². The smallest absolute Gasteiger partial charge is 0.463 e. The summed E-state index contributed by atoms with van der Waals surface area (Å²) in [6, 6.07) is -1.69. The molecule has 0 saturated carbocycles. The average molecular weight is 339 g/mol. The van der Waals surface area contributed by atoms with Crippen molar-refractivity contribution in [3.8, 4) is 0 Å². The fraction of sp³-hybridized carbons (Fsp3) is 0.455. The summed E-state index contributed by atoms with van der Waals surface area (Å²) in [5.41, 5.74) is 0.608. The zero-order chi connectivity index (χ0) is 16.9. The molecule has 1 rings (SSSR count). The number of amides is 2. The van der Waals surface area contributed by atoms with Crippen LogP contribution in [0.2, 0.25) is 0 Å². The molecule has 1 aromatic rings. The van der Waals surface area contributed by atoms with Crippen LogP contribution in [0.4, 0.5) is 18.3 Å². The number of nitrogens with one attached hydrogen (secondary N) is 2. The number of thiazole rings is 1. The van der Waals surface area contributed by atoms with E-state index in [1.165, 1.54) is 5.32 Å². The molecule has 2 N–H and O–H groups in total. The zero-order valence-electron chi connectivity index (χ0n) is 11.5. The number of carbonyl (C=O) groups is 3. The van der Waals surface area contributed by atoms with Gasteiger partial charge in [-0.05, 0) is 6.92 Å². The summed E-state index contributed by atoms with van der Waals surface area (Å²) in [7, 11) is 0. The lowest BCUT2D eigenvalue weighted by Crippen LogP contribution is -2.51.